The second kappa shape index (κ2) is 14.3. The van der Waals surface area contributed by atoms with Gasteiger partial charge in [-0.05, 0) is 85.1 Å². The Morgan fingerprint density at radius 2 is 1.80 bits per heavy atom. The van der Waals surface area contributed by atoms with Crippen molar-refractivity contribution < 1.29 is 36.8 Å². The number of hydrogen-bond acceptors (Lipinski definition) is 9. The highest BCUT2D eigenvalue weighted by molar-refractivity contribution is 7.87. The zero-order valence-electron chi connectivity index (χ0n) is 27.5. The fourth-order valence-electron chi connectivity index (χ4n) is 5.22. The monoisotopic (exact) mass is 650 g/mol. The van der Waals surface area contributed by atoms with Gasteiger partial charge >= 0.3 is 19.2 Å². The minimum absolute atomic E-state index is 0.0416. The first-order valence-electron chi connectivity index (χ1n) is 15.2. The van der Waals surface area contributed by atoms with Crippen LogP contribution in [0.15, 0.2) is 35.4 Å². The minimum Gasteiger partial charge on any atom is -0.460 e. The van der Waals surface area contributed by atoms with E-state index in [0.29, 0.717) is 19.2 Å². The Labute approximate surface area is 266 Å². The molecule has 2 aliphatic rings. The van der Waals surface area contributed by atoms with Crippen molar-refractivity contribution in [2.75, 3.05) is 19.6 Å². The van der Waals surface area contributed by atoms with E-state index in [0.717, 1.165) is 9.87 Å². The van der Waals surface area contributed by atoms with E-state index in [9.17, 15) is 23.5 Å². The van der Waals surface area contributed by atoms with Crippen molar-refractivity contribution in [2.45, 2.75) is 110 Å². The van der Waals surface area contributed by atoms with Crippen LogP contribution in [-0.4, -0.2) is 79.9 Å². The van der Waals surface area contributed by atoms with E-state index in [2.05, 4.69) is 20.1 Å². The van der Waals surface area contributed by atoms with E-state index in [1.165, 1.54) is 0 Å². The Bertz CT molecular complexity index is 1330. The molecule has 0 aliphatic carbocycles. The number of nitrogens with one attached hydrogen (secondary N) is 2. The van der Waals surface area contributed by atoms with Crippen LogP contribution >= 0.6 is 0 Å². The van der Waals surface area contributed by atoms with Gasteiger partial charge < -0.3 is 24.1 Å². The Kier molecular flexibility index (Phi) is 11.6. The van der Waals surface area contributed by atoms with E-state index in [-0.39, 0.29) is 19.7 Å². The summed E-state index contributed by atoms with van der Waals surface area (Å²) in [4.78, 5) is 28.7. The molecule has 0 aromatic heterocycles. The number of carbonyl (C=O) groups is 2. The summed E-state index contributed by atoms with van der Waals surface area (Å²) in [5, 5.41) is 6.46. The van der Waals surface area contributed by atoms with Crippen molar-refractivity contribution in [3.05, 3.63) is 46.3 Å². The number of amides is 1. The summed E-state index contributed by atoms with van der Waals surface area (Å²) in [5.41, 5.74) is 6.78. The highest BCUT2D eigenvalue weighted by Crippen LogP contribution is 2.41. The largest absolute Gasteiger partial charge is 0.460 e. The van der Waals surface area contributed by atoms with Crippen molar-refractivity contribution in [2.24, 2.45) is 11.0 Å². The molecule has 14 nitrogen and oxygen atoms in total. The van der Waals surface area contributed by atoms with Gasteiger partial charge in [0.25, 0.3) is 10.2 Å². The van der Waals surface area contributed by atoms with Gasteiger partial charge in [-0.15, -0.1) is 0 Å². The molecule has 2 heterocycles. The molecule has 2 N–H and O–H groups in total. The van der Waals surface area contributed by atoms with Crippen LogP contribution in [-0.2, 0) is 40.4 Å². The molecule has 2 aliphatic heterocycles. The third-order valence-corrected chi connectivity index (χ3v) is 9.90. The summed E-state index contributed by atoms with van der Waals surface area (Å²) in [6, 6.07) is 8.30. The summed E-state index contributed by atoms with van der Waals surface area (Å²) < 4.78 is 53.7. The number of esters is 1. The SMILES string of the molecule is C[C@H](CNC(=O)OC(C)(C)C)NS(=O)(=O)N1C[C@@H](CCCB2OC(C)(C)C(C)(C)O2)[C@@](N=[N+]=[N-])(C(=O)OCc2ccccc2)C1. The molecule has 250 valence electrons. The van der Waals surface area contributed by atoms with Gasteiger partial charge in [0.1, 0.15) is 12.2 Å². The van der Waals surface area contributed by atoms with Crippen molar-refractivity contribution in [3.63, 3.8) is 0 Å². The maximum atomic E-state index is 13.7. The number of azide groups is 1. The lowest BCUT2D eigenvalue weighted by Crippen LogP contribution is -2.50. The molecule has 0 saturated carbocycles. The Morgan fingerprint density at radius 1 is 1.18 bits per heavy atom. The van der Waals surface area contributed by atoms with E-state index >= 15 is 0 Å². The molecule has 1 amide bonds. The number of alkyl carbamates (subject to hydrolysis) is 1. The Hall–Kier alpha value is -2.88. The quantitative estimate of drug-likeness (QED) is 0.104. The second-order valence-corrected chi connectivity index (χ2v) is 15.4. The van der Waals surface area contributed by atoms with Crippen molar-refractivity contribution >= 4 is 29.4 Å². The molecule has 1 aromatic rings. The third kappa shape index (κ3) is 9.57. The first-order valence-corrected chi connectivity index (χ1v) is 16.6. The van der Waals surface area contributed by atoms with Crippen molar-refractivity contribution in [1.82, 2.24) is 14.3 Å². The van der Waals surface area contributed by atoms with Crippen LogP contribution < -0.4 is 10.0 Å². The van der Waals surface area contributed by atoms with E-state index in [1.54, 1.807) is 52.0 Å². The van der Waals surface area contributed by atoms with Gasteiger partial charge in [-0.3, -0.25) is 4.79 Å². The lowest BCUT2D eigenvalue weighted by atomic mass is 9.78. The molecule has 0 radical (unpaired) electrons. The molecule has 3 rings (SSSR count). The molecule has 3 atom stereocenters. The lowest BCUT2D eigenvalue weighted by molar-refractivity contribution is -0.152. The maximum absolute atomic E-state index is 13.7. The van der Waals surface area contributed by atoms with Gasteiger partial charge in [0.15, 0.2) is 5.54 Å². The normalized spacial score (nSPS) is 23.6. The van der Waals surface area contributed by atoms with Crippen LogP contribution in [0.5, 0.6) is 0 Å². The number of nitrogens with zero attached hydrogens (tertiary/aromatic N) is 4. The summed E-state index contributed by atoms with van der Waals surface area (Å²) in [6.07, 6.45) is 0.659. The summed E-state index contributed by atoms with van der Waals surface area (Å²) in [6.45, 7) is 14.0. The molecule has 2 saturated heterocycles. The van der Waals surface area contributed by atoms with Gasteiger partial charge in [-0.25, -0.2) is 4.79 Å². The zero-order valence-corrected chi connectivity index (χ0v) is 28.3. The highest BCUT2D eigenvalue weighted by atomic mass is 32.2. The molecular formula is C29H47BN6O8S. The van der Waals surface area contributed by atoms with Crippen LogP contribution in [0.2, 0.25) is 6.32 Å². The fraction of sp³-hybridized carbons (Fsp3) is 0.724. The number of ether oxygens (including phenoxy) is 2. The van der Waals surface area contributed by atoms with E-state index in [1.807, 2.05) is 33.8 Å². The van der Waals surface area contributed by atoms with Gasteiger partial charge in [-0.1, -0.05) is 41.9 Å². The molecule has 45 heavy (non-hydrogen) atoms. The van der Waals surface area contributed by atoms with Crippen LogP contribution in [0.4, 0.5) is 4.79 Å². The second-order valence-electron chi connectivity index (χ2n) is 13.7. The van der Waals surface area contributed by atoms with Crippen LogP contribution in [0.25, 0.3) is 10.4 Å². The van der Waals surface area contributed by atoms with Crippen LogP contribution in [0.3, 0.4) is 0 Å². The molecule has 2 fully saturated rings. The first-order chi connectivity index (χ1) is 20.8. The number of rotatable bonds is 13. The average molecular weight is 651 g/mol. The fourth-order valence-corrected chi connectivity index (χ4v) is 6.70. The Balaban J connectivity index is 1.76. The van der Waals surface area contributed by atoms with E-state index in [4.69, 9.17) is 18.8 Å². The van der Waals surface area contributed by atoms with Crippen LogP contribution in [0, 0.1) is 5.92 Å². The van der Waals surface area contributed by atoms with Gasteiger partial charge in [-0.2, -0.15) is 17.4 Å². The number of carbonyl (C=O) groups excluding carboxylic acids is 2. The molecule has 1 aromatic carbocycles. The van der Waals surface area contributed by atoms with Gasteiger partial charge in [0.2, 0.25) is 0 Å². The molecule has 0 unspecified atom stereocenters. The molecule has 0 bridgehead atoms. The minimum atomic E-state index is -4.19. The molecule has 0 spiro atoms. The van der Waals surface area contributed by atoms with E-state index < -0.39 is 70.2 Å². The number of benzene rings is 1. The molecular weight excluding hydrogens is 603 g/mol. The summed E-state index contributed by atoms with van der Waals surface area (Å²) in [5.74, 6) is -1.49. The summed E-state index contributed by atoms with van der Waals surface area (Å²) >= 11 is 0. The highest BCUT2D eigenvalue weighted by Gasteiger charge is 2.56. The van der Waals surface area contributed by atoms with Crippen molar-refractivity contribution in [1.29, 1.82) is 0 Å². The number of hydrogen-bond donors (Lipinski definition) is 2. The Morgan fingerprint density at radius 3 is 2.38 bits per heavy atom. The predicted octanol–water partition coefficient (Wildman–Crippen LogP) is 4.33. The third-order valence-electron chi connectivity index (χ3n) is 8.24. The van der Waals surface area contributed by atoms with Crippen LogP contribution in [0.1, 0.15) is 73.8 Å². The zero-order chi connectivity index (χ0) is 33.7. The maximum Gasteiger partial charge on any atom is 0.457 e. The predicted molar refractivity (Wildman–Crippen MR) is 169 cm³/mol. The lowest BCUT2D eigenvalue weighted by Gasteiger charge is -2.32. The average Bonchev–Trinajstić information content (AvgIpc) is 3.39. The standard InChI is InChI=1S/C29H47BN6O8S/c1-21(17-32-25(38)42-26(2,3)4)33-45(39,40)36-18-23(15-12-16-30-43-27(5,6)28(7,8)44-30)29(20-36,34-35-31)24(37)41-19-22-13-10-9-11-14-22/h9-11,13-14,21,23,33H,12,15-20H2,1-8H3,(H,32,38)/t21-,23-,29-/m1/s1. The van der Waals surface area contributed by atoms with Gasteiger partial charge in [0.05, 0.1) is 11.2 Å². The summed E-state index contributed by atoms with van der Waals surface area (Å²) in [7, 11) is -4.66. The first kappa shape index (κ1) is 36.6. The molecule has 16 heteroatoms. The smallest absolute Gasteiger partial charge is 0.457 e. The van der Waals surface area contributed by atoms with Crippen molar-refractivity contribution in [3.8, 4) is 0 Å². The topological polar surface area (TPSA) is 181 Å². The van der Waals surface area contributed by atoms with Gasteiger partial charge in [0, 0.05) is 30.6 Å².